The van der Waals surface area contributed by atoms with Crippen molar-refractivity contribution in [2.75, 3.05) is 26.8 Å². The molecule has 1 fully saturated rings. The number of nitrogens with zero attached hydrogens (tertiary/aromatic N) is 4. The first-order chi connectivity index (χ1) is 11.7. The van der Waals surface area contributed by atoms with Crippen LogP contribution in [0.3, 0.4) is 0 Å². The fourth-order valence-electron chi connectivity index (χ4n) is 2.94. The van der Waals surface area contributed by atoms with E-state index in [1.807, 2.05) is 41.8 Å². The van der Waals surface area contributed by atoms with Crippen LogP contribution in [0, 0.1) is 0 Å². The number of hydrogen-bond acceptors (Lipinski definition) is 5. The van der Waals surface area contributed by atoms with E-state index in [0.717, 1.165) is 17.9 Å². The van der Waals surface area contributed by atoms with Crippen molar-refractivity contribution >= 4 is 5.91 Å². The average molecular weight is 330 g/mol. The molecule has 3 rings (SSSR count). The highest BCUT2D eigenvalue weighted by Gasteiger charge is 2.32. The fraction of sp³-hybridized carbons (Fsp3) is 0.471. The van der Waals surface area contributed by atoms with Crippen LogP contribution in [0.25, 0.3) is 0 Å². The summed E-state index contributed by atoms with van der Waals surface area (Å²) in [4.78, 5) is 14.7. The summed E-state index contributed by atoms with van der Waals surface area (Å²) in [6.45, 7) is 4.25. The van der Waals surface area contributed by atoms with Gasteiger partial charge in [0, 0.05) is 20.2 Å². The Bertz CT molecular complexity index is 673. The van der Waals surface area contributed by atoms with E-state index in [1.165, 1.54) is 0 Å². The van der Waals surface area contributed by atoms with Crippen molar-refractivity contribution in [2.45, 2.75) is 25.7 Å². The summed E-state index contributed by atoms with van der Waals surface area (Å²) in [7, 11) is 1.56. The summed E-state index contributed by atoms with van der Waals surface area (Å²) in [5.41, 5.74) is 0.852. The summed E-state index contributed by atoms with van der Waals surface area (Å²) in [5, 5.41) is 8.09. The molecule has 2 aromatic rings. The molecule has 1 aliphatic rings. The summed E-state index contributed by atoms with van der Waals surface area (Å²) < 4.78 is 13.2. The van der Waals surface area contributed by atoms with Crippen molar-refractivity contribution in [2.24, 2.45) is 0 Å². The van der Waals surface area contributed by atoms with Crippen LogP contribution in [0.4, 0.5) is 0 Å². The van der Waals surface area contributed by atoms with Crippen LogP contribution in [0.15, 0.2) is 36.7 Å². The first kappa shape index (κ1) is 16.6. The molecular formula is C17H22N4O3. The molecule has 1 aliphatic heterocycles. The molecule has 1 unspecified atom stereocenters. The molecule has 24 heavy (non-hydrogen) atoms. The van der Waals surface area contributed by atoms with Gasteiger partial charge in [-0.05, 0) is 12.5 Å². The maximum absolute atomic E-state index is 12.9. The largest absolute Gasteiger partial charge is 0.367 e. The standard InChI is InChI=1S/C17H22N4O3/c1-3-20-12-18-19-16(20)14-11-21(9-10-24-14)17(22)15(23-2)13-7-5-4-6-8-13/h4-8,12,14-15H,3,9-11H2,1-2H3/t14?,15-/m1/s1. The molecule has 0 bridgehead atoms. The topological polar surface area (TPSA) is 69.5 Å². The van der Waals surface area contributed by atoms with Gasteiger partial charge in [0.2, 0.25) is 0 Å². The predicted molar refractivity (Wildman–Crippen MR) is 87.2 cm³/mol. The Labute approximate surface area is 141 Å². The lowest BCUT2D eigenvalue weighted by Gasteiger charge is -2.34. The van der Waals surface area contributed by atoms with Crippen LogP contribution < -0.4 is 0 Å². The van der Waals surface area contributed by atoms with Gasteiger partial charge in [-0.2, -0.15) is 0 Å². The zero-order valence-electron chi connectivity index (χ0n) is 14.0. The van der Waals surface area contributed by atoms with Gasteiger partial charge in [0.25, 0.3) is 5.91 Å². The van der Waals surface area contributed by atoms with Crippen molar-refractivity contribution in [3.05, 3.63) is 48.0 Å². The highest BCUT2D eigenvalue weighted by Crippen LogP contribution is 2.25. The quantitative estimate of drug-likeness (QED) is 0.832. The van der Waals surface area contributed by atoms with E-state index in [4.69, 9.17) is 9.47 Å². The Morgan fingerprint density at radius 3 is 2.92 bits per heavy atom. The molecule has 1 saturated heterocycles. The number of hydrogen-bond donors (Lipinski definition) is 0. The molecular weight excluding hydrogens is 308 g/mol. The summed E-state index contributed by atoms with van der Waals surface area (Å²) in [6, 6.07) is 9.53. The van der Waals surface area contributed by atoms with E-state index in [9.17, 15) is 4.79 Å². The average Bonchev–Trinajstić information content (AvgIpc) is 3.12. The van der Waals surface area contributed by atoms with Crippen molar-refractivity contribution in [3.8, 4) is 0 Å². The van der Waals surface area contributed by atoms with Crippen molar-refractivity contribution < 1.29 is 14.3 Å². The van der Waals surface area contributed by atoms with E-state index in [2.05, 4.69) is 10.2 Å². The molecule has 1 amide bonds. The Hall–Kier alpha value is -2.25. The number of carbonyl (C=O) groups is 1. The molecule has 0 aliphatic carbocycles. The van der Waals surface area contributed by atoms with Crippen molar-refractivity contribution in [1.29, 1.82) is 0 Å². The smallest absolute Gasteiger partial charge is 0.256 e. The number of amides is 1. The van der Waals surface area contributed by atoms with Gasteiger partial charge in [-0.1, -0.05) is 30.3 Å². The predicted octanol–water partition coefficient (Wildman–Crippen LogP) is 1.59. The minimum Gasteiger partial charge on any atom is -0.367 e. The molecule has 7 heteroatoms. The molecule has 1 aromatic heterocycles. The molecule has 2 atom stereocenters. The van der Waals surface area contributed by atoms with Gasteiger partial charge in [0.1, 0.15) is 12.4 Å². The Kier molecular flexibility index (Phi) is 5.22. The molecule has 1 aromatic carbocycles. The Balaban J connectivity index is 1.75. The minimum atomic E-state index is -0.603. The van der Waals surface area contributed by atoms with Gasteiger partial charge in [-0.15, -0.1) is 10.2 Å². The maximum atomic E-state index is 12.9. The normalized spacial score (nSPS) is 19.2. The number of rotatable bonds is 5. The zero-order valence-corrected chi connectivity index (χ0v) is 14.0. The SMILES string of the molecule is CCn1cnnc1C1CN(C(=O)[C@H](OC)c2ccccc2)CCO1. The first-order valence-electron chi connectivity index (χ1n) is 8.10. The Morgan fingerprint density at radius 2 is 2.21 bits per heavy atom. The third-order valence-corrected chi connectivity index (χ3v) is 4.21. The zero-order chi connectivity index (χ0) is 16.9. The van der Waals surface area contributed by atoms with Crippen LogP contribution in [0.1, 0.15) is 30.5 Å². The number of benzene rings is 1. The number of carbonyl (C=O) groups excluding carboxylic acids is 1. The van der Waals surface area contributed by atoms with Gasteiger partial charge in [-0.25, -0.2) is 0 Å². The minimum absolute atomic E-state index is 0.0560. The van der Waals surface area contributed by atoms with Gasteiger partial charge in [-0.3, -0.25) is 4.79 Å². The monoisotopic (exact) mass is 330 g/mol. The lowest BCUT2D eigenvalue weighted by atomic mass is 10.1. The lowest BCUT2D eigenvalue weighted by molar-refractivity contribution is -0.150. The molecule has 7 nitrogen and oxygen atoms in total. The number of methoxy groups -OCH3 is 1. The van der Waals surface area contributed by atoms with Crippen molar-refractivity contribution in [3.63, 3.8) is 0 Å². The molecule has 0 spiro atoms. The van der Waals surface area contributed by atoms with Gasteiger partial charge < -0.3 is 18.9 Å². The van der Waals surface area contributed by atoms with Crippen molar-refractivity contribution in [1.82, 2.24) is 19.7 Å². The third kappa shape index (κ3) is 3.32. The summed E-state index contributed by atoms with van der Waals surface area (Å²) >= 11 is 0. The maximum Gasteiger partial charge on any atom is 0.256 e. The number of aryl methyl sites for hydroxylation is 1. The number of aromatic nitrogens is 3. The van der Waals surface area contributed by atoms with E-state index in [0.29, 0.717) is 19.7 Å². The molecule has 0 radical (unpaired) electrons. The Morgan fingerprint density at radius 1 is 1.42 bits per heavy atom. The van der Waals surface area contributed by atoms with Crippen LogP contribution >= 0.6 is 0 Å². The van der Waals surface area contributed by atoms with E-state index in [-0.39, 0.29) is 12.0 Å². The van der Waals surface area contributed by atoms with E-state index in [1.54, 1.807) is 18.3 Å². The number of morpholine rings is 1. The first-order valence-corrected chi connectivity index (χ1v) is 8.10. The lowest BCUT2D eigenvalue weighted by Crippen LogP contribution is -2.45. The molecule has 0 saturated carbocycles. The van der Waals surface area contributed by atoms with Crippen LogP contribution in [0.2, 0.25) is 0 Å². The second-order valence-corrected chi connectivity index (χ2v) is 5.65. The summed E-state index contributed by atoms with van der Waals surface area (Å²) in [5.74, 6) is 0.697. The van der Waals surface area contributed by atoms with Crippen LogP contribution in [-0.2, 0) is 20.8 Å². The van der Waals surface area contributed by atoms with Crippen LogP contribution in [-0.4, -0.2) is 52.4 Å². The second kappa shape index (κ2) is 7.55. The van der Waals surface area contributed by atoms with Gasteiger partial charge >= 0.3 is 0 Å². The van der Waals surface area contributed by atoms with Gasteiger partial charge in [0.05, 0.1) is 13.2 Å². The van der Waals surface area contributed by atoms with Crippen LogP contribution in [0.5, 0.6) is 0 Å². The van der Waals surface area contributed by atoms with E-state index < -0.39 is 6.10 Å². The second-order valence-electron chi connectivity index (χ2n) is 5.65. The third-order valence-electron chi connectivity index (χ3n) is 4.21. The fourth-order valence-corrected chi connectivity index (χ4v) is 2.94. The highest BCUT2D eigenvalue weighted by molar-refractivity contribution is 5.82. The van der Waals surface area contributed by atoms with Gasteiger partial charge in [0.15, 0.2) is 11.9 Å². The summed E-state index contributed by atoms with van der Waals surface area (Å²) in [6.07, 6.45) is 0.814. The van der Waals surface area contributed by atoms with E-state index >= 15 is 0 Å². The molecule has 128 valence electrons. The number of ether oxygens (including phenoxy) is 2. The molecule has 2 heterocycles. The molecule has 0 N–H and O–H groups in total. The highest BCUT2D eigenvalue weighted by atomic mass is 16.5.